The molecule has 0 saturated carbocycles. The number of amides is 2. The molecule has 1 N–H and O–H groups in total. The molecule has 0 spiro atoms. The number of carbonyl (C=O) groups excluding carboxylic acids is 1. The van der Waals surface area contributed by atoms with Crippen molar-refractivity contribution in [3.8, 4) is 0 Å². The maximum atomic E-state index is 13.5. The summed E-state index contributed by atoms with van der Waals surface area (Å²) >= 11 is 0. The van der Waals surface area contributed by atoms with Gasteiger partial charge in [-0.15, -0.1) is 0 Å². The van der Waals surface area contributed by atoms with Gasteiger partial charge >= 0.3 is 6.03 Å². The molecular weight excluding hydrogens is 371 g/mol. The summed E-state index contributed by atoms with van der Waals surface area (Å²) in [6, 6.07) is 10.6. The Hall–Kier alpha value is -2.51. The number of hydrogen-bond donors (Lipinski definition) is 1. The second-order valence-corrected chi connectivity index (χ2v) is 7.72. The molecule has 6 nitrogen and oxygen atoms in total. The molecule has 2 aliphatic heterocycles. The van der Waals surface area contributed by atoms with Crippen molar-refractivity contribution in [3.63, 3.8) is 0 Å². The number of rotatable bonds is 4. The molecule has 1 aromatic heterocycles. The number of morpholine rings is 1. The Morgan fingerprint density at radius 1 is 1.17 bits per heavy atom. The van der Waals surface area contributed by atoms with E-state index in [0.29, 0.717) is 19.7 Å². The lowest BCUT2D eigenvalue weighted by Gasteiger charge is -2.36. The minimum Gasteiger partial charge on any atom is -0.370 e. The van der Waals surface area contributed by atoms with Gasteiger partial charge in [0.1, 0.15) is 11.9 Å². The van der Waals surface area contributed by atoms with Gasteiger partial charge in [0.2, 0.25) is 0 Å². The lowest BCUT2D eigenvalue weighted by Crippen LogP contribution is -2.52. The molecule has 1 unspecified atom stereocenters. The van der Waals surface area contributed by atoms with Crippen LogP contribution in [0.25, 0.3) is 0 Å². The summed E-state index contributed by atoms with van der Waals surface area (Å²) in [6.45, 7) is 4.29. The number of ether oxygens (including phenoxy) is 1. The minimum absolute atomic E-state index is 0.0534. The highest BCUT2D eigenvalue weighted by atomic mass is 19.1. The van der Waals surface area contributed by atoms with E-state index in [1.807, 2.05) is 30.6 Å². The average Bonchev–Trinajstić information content (AvgIpc) is 2.76. The first-order valence-corrected chi connectivity index (χ1v) is 10.2. The van der Waals surface area contributed by atoms with Crippen LogP contribution >= 0.6 is 0 Å². The first-order chi connectivity index (χ1) is 14.2. The Morgan fingerprint density at radius 2 is 1.97 bits per heavy atom. The molecule has 0 bridgehead atoms. The van der Waals surface area contributed by atoms with Gasteiger partial charge in [-0.2, -0.15) is 0 Å². The minimum atomic E-state index is -0.286. The lowest BCUT2D eigenvalue weighted by atomic mass is 10.0. The number of pyridine rings is 1. The maximum absolute atomic E-state index is 13.5. The maximum Gasteiger partial charge on any atom is 0.317 e. The predicted molar refractivity (Wildman–Crippen MR) is 108 cm³/mol. The predicted octanol–water partition coefficient (Wildman–Crippen LogP) is 2.97. The Balaban J connectivity index is 1.25. The number of nitrogens with one attached hydrogen (secondary N) is 1. The summed E-state index contributed by atoms with van der Waals surface area (Å²) in [6.07, 6.45) is 5.24. The zero-order chi connectivity index (χ0) is 20.1. The molecule has 1 atom stereocenters. The number of benzene rings is 1. The molecule has 2 amide bonds. The quantitative estimate of drug-likeness (QED) is 0.860. The third kappa shape index (κ3) is 5.31. The van der Waals surface area contributed by atoms with Gasteiger partial charge in [0.25, 0.3) is 0 Å². The average molecular weight is 398 g/mol. The van der Waals surface area contributed by atoms with Gasteiger partial charge in [-0.05, 0) is 48.2 Å². The zero-order valence-corrected chi connectivity index (χ0v) is 16.5. The summed E-state index contributed by atoms with van der Waals surface area (Å²) in [5.41, 5.74) is 2.03. The molecule has 29 heavy (non-hydrogen) atoms. The van der Waals surface area contributed by atoms with Crippen LogP contribution in [0.2, 0.25) is 0 Å². The third-order valence-corrected chi connectivity index (χ3v) is 5.64. The highest BCUT2D eigenvalue weighted by Gasteiger charge is 2.28. The molecular formula is C22H27FN4O2. The van der Waals surface area contributed by atoms with Gasteiger partial charge in [0.05, 0.1) is 13.2 Å². The van der Waals surface area contributed by atoms with Crippen LogP contribution in [0, 0.1) is 5.82 Å². The fourth-order valence-electron chi connectivity index (χ4n) is 3.99. The topological polar surface area (TPSA) is 57.7 Å². The summed E-state index contributed by atoms with van der Waals surface area (Å²) < 4.78 is 19.3. The van der Waals surface area contributed by atoms with Crippen LogP contribution in [0.4, 0.5) is 9.18 Å². The van der Waals surface area contributed by atoms with Gasteiger partial charge in [-0.3, -0.25) is 9.88 Å². The van der Waals surface area contributed by atoms with Gasteiger partial charge in [-0.25, -0.2) is 9.18 Å². The Bertz CT molecular complexity index is 811. The van der Waals surface area contributed by atoms with Crippen molar-refractivity contribution in [2.45, 2.75) is 31.5 Å². The summed E-state index contributed by atoms with van der Waals surface area (Å²) in [7, 11) is 0. The number of nitrogens with zero attached hydrogens (tertiary/aromatic N) is 3. The lowest BCUT2D eigenvalue weighted by molar-refractivity contribution is -0.0162. The molecule has 7 heteroatoms. The second-order valence-electron chi connectivity index (χ2n) is 7.72. The monoisotopic (exact) mass is 398 g/mol. The van der Waals surface area contributed by atoms with Crippen LogP contribution in [0.15, 0.2) is 48.8 Å². The Labute approximate surface area is 170 Å². The van der Waals surface area contributed by atoms with Crippen molar-refractivity contribution in [1.29, 1.82) is 0 Å². The van der Waals surface area contributed by atoms with Gasteiger partial charge < -0.3 is 15.0 Å². The number of carbonyl (C=O) groups is 1. The van der Waals surface area contributed by atoms with E-state index in [1.165, 1.54) is 17.7 Å². The van der Waals surface area contributed by atoms with Gasteiger partial charge in [0.15, 0.2) is 0 Å². The van der Waals surface area contributed by atoms with E-state index in [-0.39, 0.29) is 24.0 Å². The normalized spacial score (nSPS) is 21.1. The molecule has 4 rings (SSSR count). The fraction of sp³-hybridized carbons (Fsp3) is 0.455. The van der Waals surface area contributed by atoms with Crippen LogP contribution in [0.3, 0.4) is 0 Å². The highest BCUT2D eigenvalue weighted by Crippen LogP contribution is 2.23. The number of halogens is 1. The van der Waals surface area contributed by atoms with Crippen molar-refractivity contribution in [1.82, 2.24) is 20.1 Å². The molecule has 2 fully saturated rings. The number of aromatic nitrogens is 1. The van der Waals surface area contributed by atoms with Crippen LogP contribution in [-0.4, -0.2) is 59.6 Å². The van der Waals surface area contributed by atoms with Crippen LogP contribution < -0.4 is 5.32 Å². The Morgan fingerprint density at radius 3 is 2.72 bits per heavy atom. The van der Waals surface area contributed by atoms with E-state index >= 15 is 0 Å². The highest BCUT2D eigenvalue weighted by molar-refractivity contribution is 5.74. The fourth-order valence-corrected chi connectivity index (χ4v) is 3.99. The molecule has 0 aliphatic carbocycles. The summed E-state index contributed by atoms with van der Waals surface area (Å²) in [5.74, 6) is -0.286. The van der Waals surface area contributed by atoms with Crippen LogP contribution in [0.5, 0.6) is 0 Å². The number of hydrogen-bond acceptors (Lipinski definition) is 4. The first-order valence-electron chi connectivity index (χ1n) is 10.2. The third-order valence-electron chi connectivity index (χ3n) is 5.64. The first kappa shape index (κ1) is 19.8. The largest absolute Gasteiger partial charge is 0.370 e. The van der Waals surface area contributed by atoms with E-state index in [2.05, 4.69) is 15.2 Å². The Kier molecular flexibility index (Phi) is 6.36. The van der Waals surface area contributed by atoms with Crippen LogP contribution in [0.1, 0.15) is 30.1 Å². The van der Waals surface area contributed by atoms with E-state index in [1.54, 1.807) is 11.0 Å². The van der Waals surface area contributed by atoms with Crippen molar-refractivity contribution >= 4 is 6.03 Å². The molecule has 2 aliphatic rings. The second kappa shape index (κ2) is 9.33. The van der Waals surface area contributed by atoms with Crippen molar-refractivity contribution in [2.24, 2.45) is 0 Å². The van der Waals surface area contributed by atoms with Crippen molar-refractivity contribution in [2.75, 3.05) is 32.8 Å². The molecule has 154 valence electrons. The molecule has 2 aromatic rings. The number of likely N-dealkylation sites (tertiary alicyclic amines) is 1. The van der Waals surface area contributed by atoms with E-state index in [9.17, 15) is 9.18 Å². The van der Waals surface area contributed by atoms with E-state index in [4.69, 9.17) is 4.74 Å². The summed E-state index contributed by atoms with van der Waals surface area (Å²) in [5, 5.41) is 3.18. The van der Waals surface area contributed by atoms with Gasteiger partial charge in [-0.1, -0.05) is 12.1 Å². The SMILES string of the molecule is O=C(NC1CCN(Cc2ccncc2)CC1)N1CCOC(c2cccc(F)c2)C1. The molecule has 0 radical (unpaired) electrons. The smallest absolute Gasteiger partial charge is 0.317 e. The van der Waals surface area contributed by atoms with Gasteiger partial charge in [0, 0.05) is 44.6 Å². The molecule has 3 heterocycles. The van der Waals surface area contributed by atoms with Crippen LogP contribution in [-0.2, 0) is 11.3 Å². The van der Waals surface area contributed by atoms with Crippen molar-refractivity contribution < 1.29 is 13.9 Å². The molecule has 2 saturated heterocycles. The van der Waals surface area contributed by atoms with E-state index < -0.39 is 0 Å². The van der Waals surface area contributed by atoms with E-state index in [0.717, 1.165) is 38.0 Å². The number of urea groups is 1. The van der Waals surface area contributed by atoms with Crippen molar-refractivity contribution in [3.05, 3.63) is 65.7 Å². The standard InChI is InChI=1S/C22H27FN4O2/c23-19-3-1-2-18(14-19)21-16-27(12-13-29-21)22(28)25-20-6-10-26(11-7-20)15-17-4-8-24-9-5-17/h1-5,8-9,14,20-21H,6-7,10-13,15-16H2,(H,25,28). The number of piperidine rings is 1. The zero-order valence-electron chi connectivity index (χ0n) is 16.5. The molecule has 1 aromatic carbocycles. The summed E-state index contributed by atoms with van der Waals surface area (Å²) in [4.78, 5) is 21.0.